The average molecular weight is 647 g/mol. The predicted molar refractivity (Wildman–Crippen MR) is 162 cm³/mol. The van der Waals surface area contributed by atoms with Gasteiger partial charge in [-0.3, -0.25) is 13.9 Å². The number of hydrogen-bond acceptors (Lipinski definition) is 4. The summed E-state index contributed by atoms with van der Waals surface area (Å²) in [4.78, 5) is 28.9. The molecule has 4 rings (SSSR count). The van der Waals surface area contributed by atoms with Crippen LogP contribution in [0.1, 0.15) is 43.7 Å². The van der Waals surface area contributed by atoms with Crippen LogP contribution in [0.15, 0.2) is 82.2 Å². The fourth-order valence-electron chi connectivity index (χ4n) is 4.91. The number of halogens is 2. The predicted octanol–water partition coefficient (Wildman–Crippen LogP) is 6.08. The largest absolute Gasteiger partial charge is 0.352 e. The van der Waals surface area contributed by atoms with E-state index in [9.17, 15) is 18.0 Å². The number of hydrogen-bond donors (Lipinski definition) is 1. The quantitative estimate of drug-likeness (QED) is 0.289. The normalized spacial score (nSPS) is 14.5. The summed E-state index contributed by atoms with van der Waals surface area (Å²) in [5.74, 6) is -0.764. The Morgan fingerprint density at radius 2 is 1.70 bits per heavy atom. The molecule has 1 fully saturated rings. The fraction of sp³-hybridized carbons (Fsp3) is 0.333. The van der Waals surface area contributed by atoms with Crippen molar-refractivity contribution in [2.75, 3.05) is 10.8 Å². The molecule has 3 aromatic carbocycles. The van der Waals surface area contributed by atoms with Crippen molar-refractivity contribution in [1.82, 2.24) is 10.2 Å². The Labute approximate surface area is 249 Å². The maximum absolute atomic E-state index is 14.1. The Morgan fingerprint density at radius 3 is 2.38 bits per heavy atom. The van der Waals surface area contributed by atoms with Crippen LogP contribution in [0.2, 0.25) is 5.02 Å². The minimum atomic E-state index is -4.15. The van der Waals surface area contributed by atoms with Gasteiger partial charge < -0.3 is 10.2 Å². The number of carbonyl (C=O) groups is 2. The van der Waals surface area contributed by atoms with Crippen LogP contribution < -0.4 is 9.62 Å². The molecule has 212 valence electrons. The molecule has 7 nitrogen and oxygen atoms in total. The molecule has 10 heteroatoms. The summed E-state index contributed by atoms with van der Waals surface area (Å²) < 4.78 is 29.8. The first-order valence-electron chi connectivity index (χ1n) is 13.2. The average Bonchev–Trinajstić information content (AvgIpc) is 3.45. The van der Waals surface area contributed by atoms with E-state index in [4.69, 9.17) is 11.6 Å². The van der Waals surface area contributed by atoms with Gasteiger partial charge >= 0.3 is 0 Å². The van der Waals surface area contributed by atoms with Crippen LogP contribution in [-0.4, -0.2) is 43.8 Å². The molecule has 1 aliphatic carbocycles. The van der Waals surface area contributed by atoms with Crippen LogP contribution in [0.4, 0.5) is 5.69 Å². The molecule has 40 heavy (non-hydrogen) atoms. The lowest BCUT2D eigenvalue weighted by Gasteiger charge is -2.33. The Balaban J connectivity index is 1.71. The van der Waals surface area contributed by atoms with Gasteiger partial charge in [-0.1, -0.05) is 76.8 Å². The van der Waals surface area contributed by atoms with Gasteiger partial charge in [0, 0.05) is 22.1 Å². The number of sulfonamides is 1. The number of anilines is 1. The van der Waals surface area contributed by atoms with Crippen molar-refractivity contribution in [3.63, 3.8) is 0 Å². The summed E-state index contributed by atoms with van der Waals surface area (Å²) in [5.41, 5.74) is 1.64. The van der Waals surface area contributed by atoms with Gasteiger partial charge in [-0.2, -0.15) is 0 Å². The van der Waals surface area contributed by atoms with Crippen LogP contribution in [0, 0.1) is 6.92 Å². The second-order valence-corrected chi connectivity index (χ2v) is 13.2. The van der Waals surface area contributed by atoms with Crippen molar-refractivity contribution in [1.29, 1.82) is 0 Å². The van der Waals surface area contributed by atoms with Crippen LogP contribution in [-0.2, 0) is 26.2 Å². The molecule has 2 amide bonds. The monoisotopic (exact) mass is 645 g/mol. The van der Waals surface area contributed by atoms with Crippen LogP contribution in [0.3, 0.4) is 0 Å². The van der Waals surface area contributed by atoms with E-state index in [1.165, 1.54) is 17.0 Å². The van der Waals surface area contributed by atoms with Gasteiger partial charge in [-0.05, 0) is 74.2 Å². The van der Waals surface area contributed by atoms with E-state index in [0.717, 1.165) is 40.0 Å². The van der Waals surface area contributed by atoms with Crippen molar-refractivity contribution in [2.45, 2.75) is 63.1 Å². The Hall–Kier alpha value is -2.88. The SMILES string of the molecule is Cc1c(Cl)cccc1N(CC(=O)N(Cc1cccc(Br)c1)C(C)C(=O)NC1CCCC1)S(=O)(=O)c1ccccc1. The summed E-state index contributed by atoms with van der Waals surface area (Å²) in [6.45, 7) is 3.02. The zero-order valence-corrected chi connectivity index (χ0v) is 25.7. The Bertz CT molecular complexity index is 1460. The summed E-state index contributed by atoms with van der Waals surface area (Å²) in [7, 11) is -4.15. The van der Waals surface area contributed by atoms with Gasteiger partial charge in [-0.25, -0.2) is 8.42 Å². The summed E-state index contributed by atoms with van der Waals surface area (Å²) >= 11 is 9.84. The first-order valence-corrected chi connectivity index (χ1v) is 15.9. The Kier molecular flexibility index (Phi) is 9.92. The van der Waals surface area contributed by atoms with Gasteiger partial charge in [0.2, 0.25) is 11.8 Å². The van der Waals surface area contributed by atoms with Gasteiger partial charge in [0.1, 0.15) is 12.6 Å². The summed E-state index contributed by atoms with van der Waals surface area (Å²) in [6.07, 6.45) is 3.95. The van der Waals surface area contributed by atoms with Gasteiger partial charge in [0.15, 0.2) is 0 Å². The third-order valence-corrected chi connectivity index (χ3v) is 9.91. The molecule has 0 saturated heterocycles. The molecule has 1 saturated carbocycles. The number of benzene rings is 3. The van der Waals surface area contributed by atoms with E-state index < -0.39 is 28.5 Å². The highest BCUT2D eigenvalue weighted by molar-refractivity contribution is 9.10. The van der Waals surface area contributed by atoms with E-state index in [0.29, 0.717) is 16.3 Å². The molecule has 1 unspecified atom stereocenters. The number of rotatable bonds is 10. The molecule has 3 aromatic rings. The first kappa shape index (κ1) is 30.1. The smallest absolute Gasteiger partial charge is 0.264 e. The fourth-order valence-corrected chi connectivity index (χ4v) is 7.01. The maximum atomic E-state index is 14.1. The minimum Gasteiger partial charge on any atom is -0.352 e. The standard InChI is InChI=1S/C30H33BrClN3O4S/c1-21-27(32)16-9-17-28(21)35(40(38,39)26-14-4-3-5-15-26)20-29(36)34(19-23-10-8-11-24(31)18-23)22(2)30(37)33-25-12-6-7-13-25/h3-5,8-11,14-18,22,25H,6-7,12-13,19-20H2,1-2H3,(H,33,37). The number of nitrogens with zero attached hydrogens (tertiary/aromatic N) is 2. The van der Waals surface area contributed by atoms with Crippen molar-refractivity contribution < 1.29 is 18.0 Å². The van der Waals surface area contributed by atoms with Crippen molar-refractivity contribution in [2.24, 2.45) is 0 Å². The third kappa shape index (κ3) is 7.06. The molecule has 0 bridgehead atoms. The molecule has 0 heterocycles. The van der Waals surface area contributed by atoms with E-state index in [-0.39, 0.29) is 23.4 Å². The second kappa shape index (κ2) is 13.2. The lowest BCUT2D eigenvalue weighted by atomic mass is 10.1. The molecule has 1 N–H and O–H groups in total. The topological polar surface area (TPSA) is 86.8 Å². The number of amides is 2. The zero-order chi connectivity index (χ0) is 28.9. The lowest BCUT2D eigenvalue weighted by molar-refractivity contribution is -0.139. The highest BCUT2D eigenvalue weighted by Gasteiger charge is 2.34. The van der Waals surface area contributed by atoms with Gasteiger partial charge in [0.05, 0.1) is 10.6 Å². The van der Waals surface area contributed by atoms with E-state index >= 15 is 0 Å². The molecule has 0 aromatic heterocycles. The minimum absolute atomic E-state index is 0.0488. The van der Waals surface area contributed by atoms with Crippen molar-refractivity contribution >= 4 is 55.1 Å². The van der Waals surface area contributed by atoms with Crippen LogP contribution in [0.5, 0.6) is 0 Å². The maximum Gasteiger partial charge on any atom is 0.264 e. The van der Waals surface area contributed by atoms with E-state index in [1.54, 1.807) is 50.2 Å². The van der Waals surface area contributed by atoms with Crippen LogP contribution >= 0.6 is 27.5 Å². The molecule has 0 aliphatic heterocycles. The summed E-state index contributed by atoms with van der Waals surface area (Å²) in [6, 6.07) is 19.7. The van der Waals surface area contributed by atoms with Crippen LogP contribution in [0.25, 0.3) is 0 Å². The van der Waals surface area contributed by atoms with Gasteiger partial charge in [0.25, 0.3) is 10.0 Å². The number of nitrogens with one attached hydrogen (secondary N) is 1. The first-order chi connectivity index (χ1) is 19.1. The summed E-state index contributed by atoms with van der Waals surface area (Å²) in [5, 5.41) is 3.46. The molecule has 0 spiro atoms. The highest BCUT2D eigenvalue weighted by Crippen LogP contribution is 2.31. The molecule has 0 radical (unpaired) electrons. The van der Waals surface area contributed by atoms with Crippen molar-refractivity contribution in [3.05, 3.63) is 93.4 Å². The third-order valence-electron chi connectivity index (χ3n) is 7.23. The molecular formula is C30H33BrClN3O4S. The van der Waals surface area contributed by atoms with Gasteiger partial charge in [-0.15, -0.1) is 0 Å². The number of carbonyl (C=O) groups excluding carboxylic acids is 2. The van der Waals surface area contributed by atoms with Crippen molar-refractivity contribution in [3.8, 4) is 0 Å². The molecule has 1 aliphatic rings. The molecular weight excluding hydrogens is 614 g/mol. The Morgan fingerprint density at radius 1 is 1.02 bits per heavy atom. The zero-order valence-electron chi connectivity index (χ0n) is 22.5. The van der Waals surface area contributed by atoms with E-state index in [2.05, 4.69) is 21.2 Å². The molecule has 1 atom stereocenters. The second-order valence-electron chi connectivity index (χ2n) is 10.0. The highest BCUT2D eigenvalue weighted by atomic mass is 79.9. The van der Waals surface area contributed by atoms with E-state index in [1.807, 2.05) is 24.3 Å². The lowest BCUT2D eigenvalue weighted by Crippen LogP contribution is -2.52.